The van der Waals surface area contributed by atoms with Gasteiger partial charge in [0.2, 0.25) is 5.88 Å². The average Bonchev–Trinajstić information content (AvgIpc) is 2.40. The number of aromatic nitrogens is 1. The van der Waals surface area contributed by atoms with Crippen LogP contribution in [0.25, 0.3) is 0 Å². The van der Waals surface area contributed by atoms with Gasteiger partial charge in [0, 0.05) is 6.20 Å². The van der Waals surface area contributed by atoms with Crippen molar-refractivity contribution in [1.29, 1.82) is 0 Å². The van der Waals surface area contributed by atoms with Gasteiger partial charge in [-0.05, 0) is 41.1 Å². The molecule has 1 aromatic carbocycles. The molecule has 0 fully saturated rings. The minimum Gasteiger partial charge on any atom is -0.357 e. The maximum Gasteiger partial charge on any atom is 0.417 e. The zero-order valence-corrected chi connectivity index (χ0v) is 13.5. The molecule has 0 aliphatic carbocycles. The molecule has 0 spiro atoms. The molecule has 0 saturated heterocycles. The van der Waals surface area contributed by atoms with Gasteiger partial charge in [0.05, 0.1) is 10.0 Å². The molecule has 0 saturated carbocycles. The third kappa shape index (κ3) is 3.77. The lowest BCUT2D eigenvalue weighted by atomic mass is 10.2. The number of alkyl halides is 3. The van der Waals surface area contributed by atoms with E-state index in [2.05, 4.69) is 20.9 Å². The lowest BCUT2D eigenvalue weighted by Gasteiger charge is -2.10. The number of pyridine rings is 1. The summed E-state index contributed by atoms with van der Waals surface area (Å²) < 4.78 is 66.2. The number of nitrogens with zero attached hydrogens (tertiary/aromatic N) is 1. The Morgan fingerprint density at radius 2 is 1.77 bits per heavy atom. The smallest absolute Gasteiger partial charge is 0.357 e. The minimum absolute atomic E-state index is 0.119. The SMILES string of the molecule is Cc1ccc(S(=O)(=O)Oc2ncc(C(F)(F)F)cc2Br)cc1. The molecule has 0 radical (unpaired) electrons. The van der Waals surface area contributed by atoms with Crippen LogP contribution in [0.2, 0.25) is 0 Å². The fourth-order valence-corrected chi connectivity index (χ4v) is 2.94. The molecule has 0 bridgehead atoms. The van der Waals surface area contributed by atoms with Gasteiger partial charge in [-0.1, -0.05) is 17.7 Å². The number of benzene rings is 1. The van der Waals surface area contributed by atoms with Crippen molar-refractivity contribution in [2.24, 2.45) is 0 Å². The molecule has 9 heteroatoms. The van der Waals surface area contributed by atoms with E-state index < -0.39 is 27.7 Å². The van der Waals surface area contributed by atoms with Gasteiger partial charge in [-0.15, -0.1) is 0 Å². The summed E-state index contributed by atoms with van der Waals surface area (Å²) in [5, 5.41) is 0. The first-order valence-corrected chi connectivity index (χ1v) is 8.03. The van der Waals surface area contributed by atoms with Crippen LogP contribution in [0.1, 0.15) is 11.1 Å². The van der Waals surface area contributed by atoms with Crippen LogP contribution in [-0.4, -0.2) is 13.4 Å². The number of rotatable bonds is 3. The third-order valence-electron chi connectivity index (χ3n) is 2.63. The van der Waals surface area contributed by atoms with Crippen molar-refractivity contribution in [3.8, 4) is 5.88 Å². The molecule has 1 heterocycles. The third-order valence-corrected chi connectivity index (χ3v) is 4.43. The second-order valence-corrected chi connectivity index (χ2v) is 6.76. The van der Waals surface area contributed by atoms with Crippen LogP contribution in [0.15, 0.2) is 45.9 Å². The van der Waals surface area contributed by atoms with Gasteiger partial charge in [0.25, 0.3) is 0 Å². The number of hydrogen-bond acceptors (Lipinski definition) is 4. The molecule has 0 aliphatic rings. The number of hydrogen-bond donors (Lipinski definition) is 0. The predicted molar refractivity (Wildman–Crippen MR) is 75.9 cm³/mol. The molecular weight excluding hydrogens is 387 g/mol. The fraction of sp³-hybridized carbons (Fsp3) is 0.154. The summed E-state index contributed by atoms with van der Waals surface area (Å²) in [6.07, 6.45) is -4.07. The van der Waals surface area contributed by atoms with E-state index in [0.29, 0.717) is 12.3 Å². The second-order valence-electron chi connectivity index (χ2n) is 4.36. The largest absolute Gasteiger partial charge is 0.417 e. The highest BCUT2D eigenvalue weighted by atomic mass is 79.9. The summed E-state index contributed by atoms with van der Waals surface area (Å²) in [6, 6.07) is 6.52. The summed E-state index contributed by atoms with van der Waals surface area (Å²) >= 11 is 2.82. The van der Waals surface area contributed by atoms with Crippen LogP contribution in [-0.2, 0) is 16.3 Å². The first-order chi connectivity index (χ1) is 10.1. The van der Waals surface area contributed by atoms with Gasteiger partial charge in [0.15, 0.2) is 0 Å². The highest BCUT2D eigenvalue weighted by Crippen LogP contribution is 2.34. The molecule has 1 aromatic heterocycles. The van der Waals surface area contributed by atoms with Crippen LogP contribution in [0.5, 0.6) is 5.88 Å². The van der Waals surface area contributed by atoms with E-state index in [1.165, 1.54) is 12.1 Å². The molecule has 0 unspecified atom stereocenters. The molecule has 0 amide bonds. The zero-order chi connectivity index (χ0) is 16.5. The highest BCUT2D eigenvalue weighted by Gasteiger charge is 2.32. The Balaban J connectivity index is 2.32. The van der Waals surface area contributed by atoms with Gasteiger partial charge in [-0.3, -0.25) is 0 Å². The molecule has 2 rings (SSSR count). The van der Waals surface area contributed by atoms with E-state index in [0.717, 1.165) is 5.56 Å². The molecule has 0 aliphatic heterocycles. The van der Waals surface area contributed by atoms with Gasteiger partial charge < -0.3 is 4.18 Å². The molecule has 2 aromatic rings. The Kier molecular flexibility index (Phi) is 4.48. The van der Waals surface area contributed by atoms with Gasteiger partial charge >= 0.3 is 16.3 Å². The van der Waals surface area contributed by atoms with E-state index in [1.54, 1.807) is 19.1 Å². The van der Waals surface area contributed by atoms with Crippen LogP contribution in [0.3, 0.4) is 0 Å². The lowest BCUT2D eigenvalue weighted by Crippen LogP contribution is -2.12. The van der Waals surface area contributed by atoms with E-state index >= 15 is 0 Å². The van der Waals surface area contributed by atoms with Crippen molar-refractivity contribution < 1.29 is 25.8 Å². The monoisotopic (exact) mass is 395 g/mol. The molecule has 0 N–H and O–H groups in total. The van der Waals surface area contributed by atoms with E-state index in [4.69, 9.17) is 4.18 Å². The lowest BCUT2D eigenvalue weighted by molar-refractivity contribution is -0.137. The molecule has 4 nitrogen and oxygen atoms in total. The summed E-state index contributed by atoms with van der Waals surface area (Å²) in [7, 11) is -4.17. The van der Waals surface area contributed by atoms with Crippen molar-refractivity contribution in [3.05, 3.63) is 52.1 Å². The van der Waals surface area contributed by atoms with E-state index in [-0.39, 0.29) is 9.37 Å². The zero-order valence-electron chi connectivity index (χ0n) is 11.1. The van der Waals surface area contributed by atoms with Crippen molar-refractivity contribution in [3.63, 3.8) is 0 Å². The van der Waals surface area contributed by atoms with Gasteiger partial charge in [0.1, 0.15) is 4.90 Å². The first-order valence-electron chi connectivity index (χ1n) is 5.83. The second kappa shape index (κ2) is 5.88. The Bertz CT molecular complexity index is 789. The average molecular weight is 396 g/mol. The Labute approximate surface area is 133 Å². The normalized spacial score (nSPS) is 12.2. The van der Waals surface area contributed by atoms with Gasteiger partial charge in [-0.2, -0.15) is 21.6 Å². The van der Waals surface area contributed by atoms with Crippen molar-refractivity contribution in [1.82, 2.24) is 4.98 Å². The van der Waals surface area contributed by atoms with Gasteiger partial charge in [-0.25, -0.2) is 4.98 Å². The molecule has 22 heavy (non-hydrogen) atoms. The Morgan fingerprint density at radius 3 is 2.27 bits per heavy atom. The first kappa shape index (κ1) is 16.8. The Hall–Kier alpha value is -1.61. The number of halogens is 4. The van der Waals surface area contributed by atoms with Crippen molar-refractivity contribution >= 4 is 26.0 Å². The maximum atomic E-state index is 12.5. The summed E-state index contributed by atoms with van der Waals surface area (Å²) in [5.74, 6) is -0.464. The van der Waals surface area contributed by atoms with Crippen molar-refractivity contribution in [2.45, 2.75) is 18.0 Å². The standard InChI is InChI=1S/C13H9BrF3NO3S/c1-8-2-4-10(5-3-8)22(19,20)21-12-11(14)6-9(7-18-12)13(15,16)17/h2-7H,1H3. The molecular formula is C13H9BrF3NO3S. The summed E-state index contributed by atoms with van der Waals surface area (Å²) in [5.41, 5.74) is -0.160. The summed E-state index contributed by atoms with van der Waals surface area (Å²) in [6.45, 7) is 1.78. The van der Waals surface area contributed by atoms with E-state index in [1.807, 2.05) is 0 Å². The fourth-order valence-electron chi connectivity index (χ4n) is 1.50. The minimum atomic E-state index is -4.58. The maximum absolute atomic E-state index is 12.5. The topological polar surface area (TPSA) is 56.3 Å². The molecule has 118 valence electrons. The quantitative estimate of drug-likeness (QED) is 0.738. The van der Waals surface area contributed by atoms with Crippen LogP contribution in [0.4, 0.5) is 13.2 Å². The summed E-state index contributed by atoms with van der Waals surface area (Å²) in [4.78, 5) is 3.29. The molecule has 0 atom stereocenters. The van der Waals surface area contributed by atoms with Crippen LogP contribution < -0.4 is 4.18 Å². The Morgan fingerprint density at radius 1 is 1.18 bits per heavy atom. The predicted octanol–water partition coefficient (Wildman–Crippen LogP) is 3.94. The number of aryl methyl sites for hydroxylation is 1. The van der Waals surface area contributed by atoms with Crippen LogP contribution >= 0.6 is 15.9 Å². The van der Waals surface area contributed by atoms with Crippen molar-refractivity contribution in [2.75, 3.05) is 0 Å². The highest BCUT2D eigenvalue weighted by molar-refractivity contribution is 9.10. The van der Waals surface area contributed by atoms with Crippen LogP contribution in [0, 0.1) is 6.92 Å². The van der Waals surface area contributed by atoms with E-state index in [9.17, 15) is 21.6 Å².